The van der Waals surface area contributed by atoms with Crippen molar-refractivity contribution in [1.29, 1.82) is 0 Å². The fraction of sp³-hybridized carbons (Fsp3) is 0.176. The van der Waals surface area contributed by atoms with Crippen molar-refractivity contribution in [1.82, 2.24) is 9.97 Å². The second kappa shape index (κ2) is 6.48. The predicted octanol–water partition coefficient (Wildman–Crippen LogP) is 3.36. The lowest BCUT2D eigenvalue weighted by atomic mass is 10.1. The maximum Gasteiger partial charge on any atom is 0.316 e. The van der Waals surface area contributed by atoms with E-state index in [1.807, 2.05) is 20.8 Å². The number of rotatable bonds is 3. The van der Waals surface area contributed by atoms with E-state index in [-0.39, 0.29) is 5.91 Å². The molecule has 0 aliphatic carbocycles. The number of carbonyl (C=O) groups is 2. The number of aromatic nitrogens is 2. The molecule has 0 saturated carbocycles. The zero-order chi connectivity index (χ0) is 18.1. The Morgan fingerprint density at radius 1 is 1.00 bits per heavy atom. The van der Waals surface area contributed by atoms with E-state index < -0.39 is 6.03 Å². The number of primary amides is 1. The van der Waals surface area contributed by atoms with Crippen LogP contribution in [0, 0.1) is 20.8 Å². The number of amides is 3. The maximum absolute atomic E-state index is 12.6. The van der Waals surface area contributed by atoms with Gasteiger partial charge in [-0.3, -0.25) is 4.79 Å². The van der Waals surface area contributed by atoms with E-state index in [4.69, 9.17) is 5.73 Å². The van der Waals surface area contributed by atoms with Crippen LogP contribution in [0.3, 0.4) is 0 Å². The van der Waals surface area contributed by atoms with Crippen LogP contribution in [0.1, 0.15) is 26.8 Å². The number of thiophene rings is 1. The summed E-state index contributed by atoms with van der Waals surface area (Å²) in [4.78, 5) is 33.7. The number of aryl methyl sites for hydroxylation is 3. The molecule has 3 amide bonds. The zero-order valence-electron chi connectivity index (χ0n) is 14.0. The average Bonchev–Trinajstić information content (AvgIpc) is 2.85. The number of hydrogen-bond acceptors (Lipinski definition) is 5. The Morgan fingerprint density at radius 3 is 2.20 bits per heavy atom. The highest BCUT2D eigenvalue weighted by Gasteiger charge is 2.18. The van der Waals surface area contributed by atoms with Crippen molar-refractivity contribution in [2.45, 2.75) is 20.8 Å². The standard InChI is InChI=1S/C17H17N5O2S/c1-8-13-9(2)19-10(3)20-16(13)25-14(8)15(23)21-11-4-6-12(7-5-11)22-17(18)24/h4-7H,1-3H3,(H,21,23)(H3,18,22,24). The van der Waals surface area contributed by atoms with Crippen molar-refractivity contribution in [2.75, 3.05) is 10.6 Å². The van der Waals surface area contributed by atoms with E-state index in [1.165, 1.54) is 11.3 Å². The van der Waals surface area contributed by atoms with Gasteiger partial charge in [0, 0.05) is 22.5 Å². The largest absolute Gasteiger partial charge is 0.351 e. The van der Waals surface area contributed by atoms with E-state index in [0.29, 0.717) is 22.1 Å². The van der Waals surface area contributed by atoms with Gasteiger partial charge in [-0.2, -0.15) is 0 Å². The van der Waals surface area contributed by atoms with Crippen LogP contribution >= 0.6 is 11.3 Å². The number of nitrogens with two attached hydrogens (primary N) is 1. The summed E-state index contributed by atoms with van der Waals surface area (Å²) in [5.41, 5.74) is 8.00. The molecule has 4 N–H and O–H groups in total. The molecule has 8 heteroatoms. The molecular formula is C17H17N5O2S. The Labute approximate surface area is 148 Å². The van der Waals surface area contributed by atoms with Crippen LogP contribution in [0.2, 0.25) is 0 Å². The van der Waals surface area contributed by atoms with Gasteiger partial charge >= 0.3 is 6.03 Å². The van der Waals surface area contributed by atoms with Crippen LogP contribution in [0.15, 0.2) is 24.3 Å². The number of carbonyl (C=O) groups excluding carboxylic acids is 2. The molecule has 0 fully saturated rings. The van der Waals surface area contributed by atoms with Crippen molar-refractivity contribution in [3.63, 3.8) is 0 Å². The summed E-state index contributed by atoms with van der Waals surface area (Å²) < 4.78 is 0. The van der Waals surface area contributed by atoms with Crippen molar-refractivity contribution < 1.29 is 9.59 Å². The fourth-order valence-electron chi connectivity index (χ4n) is 2.66. The summed E-state index contributed by atoms with van der Waals surface area (Å²) in [6.07, 6.45) is 0. The monoisotopic (exact) mass is 355 g/mol. The number of nitrogens with zero attached hydrogens (tertiary/aromatic N) is 2. The third-order valence-electron chi connectivity index (χ3n) is 3.70. The van der Waals surface area contributed by atoms with Crippen molar-refractivity contribution in [2.24, 2.45) is 5.73 Å². The normalized spacial score (nSPS) is 10.7. The molecule has 0 unspecified atom stereocenters. The number of urea groups is 1. The summed E-state index contributed by atoms with van der Waals surface area (Å²) in [6.45, 7) is 5.66. The maximum atomic E-state index is 12.6. The third-order valence-corrected chi connectivity index (χ3v) is 4.88. The first-order valence-corrected chi connectivity index (χ1v) is 8.39. The highest BCUT2D eigenvalue weighted by molar-refractivity contribution is 7.20. The lowest BCUT2D eigenvalue weighted by molar-refractivity contribution is 0.103. The minimum Gasteiger partial charge on any atom is -0.351 e. The lowest BCUT2D eigenvalue weighted by Gasteiger charge is -2.06. The SMILES string of the molecule is Cc1nc(C)c2c(C)c(C(=O)Nc3ccc(NC(N)=O)cc3)sc2n1. The first-order valence-electron chi connectivity index (χ1n) is 7.57. The van der Waals surface area contributed by atoms with Gasteiger partial charge in [0.1, 0.15) is 10.7 Å². The Balaban J connectivity index is 1.86. The Morgan fingerprint density at radius 2 is 1.60 bits per heavy atom. The smallest absolute Gasteiger partial charge is 0.316 e. The van der Waals surface area contributed by atoms with Crippen LogP contribution in [0.25, 0.3) is 10.2 Å². The molecular weight excluding hydrogens is 338 g/mol. The highest BCUT2D eigenvalue weighted by atomic mass is 32.1. The molecule has 1 aromatic carbocycles. The molecule has 0 aliphatic heterocycles. The van der Waals surface area contributed by atoms with Crippen molar-refractivity contribution in [3.8, 4) is 0 Å². The number of fused-ring (bicyclic) bond motifs is 1. The Kier molecular flexibility index (Phi) is 4.37. The zero-order valence-corrected chi connectivity index (χ0v) is 14.8. The summed E-state index contributed by atoms with van der Waals surface area (Å²) >= 11 is 1.35. The van der Waals surface area contributed by atoms with Crippen LogP contribution in [0.5, 0.6) is 0 Å². The van der Waals surface area contributed by atoms with Gasteiger partial charge in [0.25, 0.3) is 5.91 Å². The Bertz CT molecular complexity index is 979. The number of hydrogen-bond donors (Lipinski definition) is 3. The minimum atomic E-state index is -0.635. The molecule has 25 heavy (non-hydrogen) atoms. The number of anilines is 2. The summed E-state index contributed by atoms with van der Waals surface area (Å²) in [6, 6.07) is 6.08. The average molecular weight is 355 g/mol. The Hall–Kier alpha value is -3.00. The summed E-state index contributed by atoms with van der Waals surface area (Å²) in [5.74, 6) is 0.490. The lowest BCUT2D eigenvalue weighted by Crippen LogP contribution is -2.19. The first-order chi connectivity index (χ1) is 11.8. The van der Waals surface area contributed by atoms with Gasteiger partial charge in [-0.05, 0) is 50.6 Å². The second-order valence-electron chi connectivity index (χ2n) is 5.61. The first kappa shape index (κ1) is 16.8. The van der Waals surface area contributed by atoms with Crippen LogP contribution < -0.4 is 16.4 Å². The fourth-order valence-corrected chi connectivity index (χ4v) is 3.83. The van der Waals surface area contributed by atoms with Gasteiger partial charge < -0.3 is 16.4 Å². The van der Waals surface area contributed by atoms with Gasteiger partial charge in [0.15, 0.2) is 0 Å². The molecule has 0 radical (unpaired) electrons. The molecule has 0 spiro atoms. The van der Waals surface area contributed by atoms with Crippen molar-refractivity contribution in [3.05, 3.63) is 46.2 Å². The van der Waals surface area contributed by atoms with E-state index in [0.717, 1.165) is 21.5 Å². The molecule has 3 rings (SSSR count). The van der Waals surface area contributed by atoms with E-state index >= 15 is 0 Å². The van der Waals surface area contributed by atoms with Crippen LogP contribution in [-0.2, 0) is 0 Å². The predicted molar refractivity (Wildman–Crippen MR) is 99.2 cm³/mol. The van der Waals surface area contributed by atoms with Crippen molar-refractivity contribution >= 4 is 44.9 Å². The molecule has 128 valence electrons. The third kappa shape index (κ3) is 3.43. The van der Waals surface area contributed by atoms with Crippen LogP contribution in [-0.4, -0.2) is 21.9 Å². The molecule has 3 aromatic rings. The van der Waals surface area contributed by atoms with Gasteiger partial charge in [0.05, 0.1) is 4.88 Å². The summed E-state index contributed by atoms with van der Waals surface area (Å²) in [7, 11) is 0. The molecule has 0 atom stereocenters. The van der Waals surface area contributed by atoms with Crippen LogP contribution in [0.4, 0.5) is 16.2 Å². The van der Waals surface area contributed by atoms with E-state index in [9.17, 15) is 9.59 Å². The quantitative estimate of drug-likeness (QED) is 0.669. The van der Waals surface area contributed by atoms with E-state index in [1.54, 1.807) is 24.3 Å². The molecule has 0 aliphatic rings. The van der Waals surface area contributed by atoms with E-state index in [2.05, 4.69) is 20.6 Å². The molecule has 0 saturated heterocycles. The van der Waals surface area contributed by atoms with Gasteiger partial charge in [-0.1, -0.05) is 0 Å². The van der Waals surface area contributed by atoms with Gasteiger partial charge in [-0.15, -0.1) is 11.3 Å². The highest BCUT2D eigenvalue weighted by Crippen LogP contribution is 2.31. The number of nitrogens with one attached hydrogen (secondary N) is 2. The molecule has 2 heterocycles. The molecule has 7 nitrogen and oxygen atoms in total. The second-order valence-corrected chi connectivity index (χ2v) is 6.61. The summed E-state index contributed by atoms with van der Waals surface area (Å²) in [5, 5.41) is 6.25. The topological polar surface area (TPSA) is 110 Å². The van der Waals surface area contributed by atoms with Gasteiger partial charge in [-0.25, -0.2) is 14.8 Å². The minimum absolute atomic E-state index is 0.201. The molecule has 2 aromatic heterocycles. The molecule has 0 bridgehead atoms. The van der Waals surface area contributed by atoms with Gasteiger partial charge in [0.2, 0.25) is 0 Å². The number of benzene rings is 1.